The number of nitro groups is 1. The maximum absolute atomic E-state index is 13.2. The van der Waals surface area contributed by atoms with Crippen LogP contribution in [0.2, 0.25) is 0 Å². The summed E-state index contributed by atoms with van der Waals surface area (Å²) in [5, 5.41) is 20.4. The van der Waals surface area contributed by atoms with E-state index in [1.807, 2.05) is 6.92 Å². The number of likely N-dealkylation sites (tertiary alicyclic amines) is 1. The topological polar surface area (TPSA) is 83.7 Å². The van der Waals surface area contributed by atoms with Gasteiger partial charge in [-0.3, -0.25) is 14.9 Å². The summed E-state index contributed by atoms with van der Waals surface area (Å²) in [5.41, 5.74) is -1.55. The second kappa shape index (κ2) is 4.58. The quantitative estimate of drug-likeness (QED) is 0.662. The van der Waals surface area contributed by atoms with Crippen LogP contribution >= 0.6 is 0 Å². The Labute approximate surface area is 108 Å². The monoisotopic (exact) mass is 268 g/mol. The molecule has 1 aliphatic heterocycles. The van der Waals surface area contributed by atoms with Gasteiger partial charge in [-0.1, -0.05) is 6.92 Å². The third-order valence-electron chi connectivity index (χ3n) is 3.31. The van der Waals surface area contributed by atoms with Crippen LogP contribution in [0.4, 0.5) is 10.1 Å². The highest BCUT2D eigenvalue weighted by Gasteiger charge is 2.42. The van der Waals surface area contributed by atoms with Crippen molar-refractivity contribution in [2.24, 2.45) is 0 Å². The predicted octanol–water partition coefficient (Wildman–Crippen LogP) is 1.33. The lowest BCUT2D eigenvalue weighted by Crippen LogP contribution is -2.63. The van der Waals surface area contributed by atoms with E-state index in [1.165, 1.54) is 11.0 Å². The smallest absolute Gasteiger partial charge is 0.305 e. The van der Waals surface area contributed by atoms with E-state index >= 15 is 0 Å². The summed E-state index contributed by atoms with van der Waals surface area (Å²) in [6, 6.07) is 3.02. The van der Waals surface area contributed by atoms with Gasteiger partial charge in [-0.25, -0.2) is 0 Å². The van der Waals surface area contributed by atoms with Gasteiger partial charge in [0.15, 0.2) is 0 Å². The van der Waals surface area contributed by atoms with Gasteiger partial charge in [0.05, 0.1) is 23.6 Å². The van der Waals surface area contributed by atoms with Crippen LogP contribution in [0.1, 0.15) is 23.7 Å². The first-order valence-electron chi connectivity index (χ1n) is 5.82. The largest absolute Gasteiger partial charge is 0.386 e. The van der Waals surface area contributed by atoms with Crippen molar-refractivity contribution in [2.45, 2.75) is 18.9 Å². The Hall–Kier alpha value is -2.02. The number of hydrogen-bond acceptors (Lipinski definition) is 4. The van der Waals surface area contributed by atoms with E-state index in [0.29, 0.717) is 6.42 Å². The average Bonchev–Trinajstić information content (AvgIpc) is 2.34. The highest BCUT2D eigenvalue weighted by Crippen LogP contribution is 2.27. The number of hydrogen-bond donors (Lipinski definition) is 1. The maximum atomic E-state index is 13.2. The molecule has 6 nitrogen and oxygen atoms in total. The van der Waals surface area contributed by atoms with Gasteiger partial charge in [0.1, 0.15) is 0 Å². The van der Waals surface area contributed by atoms with Crippen LogP contribution in [0.5, 0.6) is 0 Å². The van der Waals surface area contributed by atoms with Crippen LogP contribution in [0.3, 0.4) is 0 Å². The van der Waals surface area contributed by atoms with E-state index in [1.54, 1.807) is 0 Å². The normalized spacial score (nSPS) is 16.9. The highest BCUT2D eigenvalue weighted by molar-refractivity contribution is 5.95. The van der Waals surface area contributed by atoms with Crippen LogP contribution in [0, 0.1) is 15.9 Å². The van der Waals surface area contributed by atoms with E-state index in [-0.39, 0.29) is 18.7 Å². The molecule has 1 N–H and O–H groups in total. The van der Waals surface area contributed by atoms with Crippen molar-refractivity contribution in [3.05, 3.63) is 39.7 Å². The van der Waals surface area contributed by atoms with Gasteiger partial charge in [-0.2, -0.15) is 4.39 Å². The molecule has 0 spiro atoms. The Balaban J connectivity index is 2.17. The molecule has 1 heterocycles. The second-order valence-electron chi connectivity index (χ2n) is 4.66. The van der Waals surface area contributed by atoms with E-state index < -0.39 is 27.9 Å². The molecule has 0 radical (unpaired) electrons. The molecule has 0 unspecified atom stereocenters. The minimum atomic E-state index is -0.977. The molecule has 0 aromatic heterocycles. The van der Waals surface area contributed by atoms with Gasteiger partial charge in [0.25, 0.3) is 5.91 Å². The number of carbonyl (C=O) groups is 1. The summed E-state index contributed by atoms with van der Waals surface area (Å²) in [5.74, 6) is -1.42. The Morgan fingerprint density at radius 1 is 1.58 bits per heavy atom. The summed E-state index contributed by atoms with van der Waals surface area (Å²) < 4.78 is 13.2. The molecular weight excluding hydrogens is 255 g/mol. The standard InChI is InChI=1S/C12H13FN2O4/c1-2-12(17)6-14(7-12)11(16)8-3-4-9(13)10(5-8)15(18)19/h3-5,17H,2,6-7H2,1H3. The summed E-state index contributed by atoms with van der Waals surface area (Å²) in [6.07, 6.45) is 0.528. The first kappa shape index (κ1) is 13.4. The molecule has 1 fully saturated rings. The number of amides is 1. The summed E-state index contributed by atoms with van der Waals surface area (Å²) in [4.78, 5) is 23.1. The van der Waals surface area contributed by atoms with Crippen molar-refractivity contribution >= 4 is 11.6 Å². The lowest BCUT2D eigenvalue weighted by Gasteiger charge is -2.46. The van der Waals surface area contributed by atoms with Gasteiger partial charge in [-0.05, 0) is 18.6 Å². The van der Waals surface area contributed by atoms with Crippen LogP contribution in [0.15, 0.2) is 18.2 Å². The number of carbonyl (C=O) groups excluding carboxylic acids is 1. The Bertz CT molecular complexity index is 541. The minimum Gasteiger partial charge on any atom is -0.386 e. The Kier molecular flexibility index (Phi) is 3.23. The molecule has 0 atom stereocenters. The zero-order chi connectivity index (χ0) is 14.2. The van der Waals surface area contributed by atoms with E-state index in [9.17, 15) is 24.4 Å². The molecule has 1 saturated heterocycles. The van der Waals surface area contributed by atoms with Crippen molar-refractivity contribution in [3.8, 4) is 0 Å². The van der Waals surface area contributed by atoms with Gasteiger partial charge < -0.3 is 10.0 Å². The summed E-state index contributed by atoms with van der Waals surface area (Å²) in [7, 11) is 0. The molecule has 2 rings (SSSR count). The third kappa shape index (κ3) is 2.41. The zero-order valence-electron chi connectivity index (χ0n) is 10.3. The number of nitro benzene ring substituents is 1. The molecule has 1 aromatic carbocycles. The average molecular weight is 268 g/mol. The molecular formula is C12H13FN2O4. The molecule has 0 saturated carbocycles. The molecule has 1 amide bonds. The van der Waals surface area contributed by atoms with Gasteiger partial charge in [0, 0.05) is 11.6 Å². The molecule has 1 aromatic rings. The second-order valence-corrected chi connectivity index (χ2v) is 4.66. The third-order valence-corrected chi connectivity index (χ3v) is 3.31. The molecule has 1 aliphatic rings. The SMILES string of the molecule is CCC1(O)CN(C(=O)c2ccc(F)c([N+](=O)[O-])c2)C1. The summed E-state index contributed by atoms with van der Waals surface area (Å²) in [6.45, 7) is 2.19. The lowest BCUT2D eigenvalue weighted by atomic mass is 9.90. The number of rotatable bonds is 3. The zero-order valence-corrected chi connectivity index (χ0v) is 10.3. The Morgan fingerprint density at radius 2 is 2.21 bits per heavy atom. The number of halogens is 1. The highest BCUT2D eigenvalue weighted by atomic mass is 19.1. The number of nitrogens with zero attached hydrogens (tertiary/aromatic N) is 2. The molecule has 0 aliphatic carbocycles. The molecule has 0 bridgehead atoms. The minimum absolute atomic E-state index is 0.0475. The molecule has 19 heavy (non-hydrogen) atoms. The fraction of sp³-hybridized carbons (Fsp3) is 0.417. The van der Waals surface area contributed by atoms with Crippen molar-refractivity contribution in [2.75, 3.05) is 13.1 Å². The van der Waals surface area contributed by atoms with Crippen LogP contribution in [-0.4, -0.2) is 39.5 Å². The fourth-order valence-corrected chi connectivity index (χ4v) is 2.00. The van der Waals surface area contributed by atoms with Crippen LogP contribution < -0.4 is 0 Å². The first-order valence-corrected chi connectivity index (χ1v) is 5.82. The molecule has 7 heteroatoms. The van der Waals surface area contributed by atoms with Crippen molar-refractivity contribution in [1.82, 2.24) is 4.90 Å². The van der Waals surface area contributed by atoms with Crippen LogP contribution in [0.25, 0.3) is 0 Å². The lowest BCUT2D eigenvalue weighted by molar-refractivity contribution is -0.387. The summed E-state index contributed by atoms with van der Waals surface area (Å²) >= 11 is 0. The van der Waals surface area contributed by atoms with Crippen LogP contribution in [-0.2, 0) is 0 Å². The predicted molar refractivity (Wildman–Crippen MR) is 64.2 cm³/mol. The van der Waals surface area contributed by atoms with Gasteiger partial charge in [-0.15, -0.1) is 0 Å². The van der Waals surface area contributed by atoms with E-state index in [0.717, 1.165) is 12.1 Å². The number of β-amino-alcohol motifs (C(OH)–C–C–N with tert-alkyl or cyclic N) is 1. The van der Waals surface area contributed by atoms with E-state index in [2.05, 4.69) is 0 Å². The van der Waals surface area contributed by atoms with Gasteiger partial charge in [0.2, 0.25) is 5.82 Å². The van der Waals surface area contributed by atoms with Crippen molar-refractivity contribution < 1.29 is 19.2 Å². The number of aliphatic hydroxyl groups is 1. The van der Waals surface area contributed by atoms with Crippen molar-refractivity contribution in [3.63, 3.8) is 0 Å². The van der Waals surface area contributed by atoms with Gasteiger partial charge >= 0.3 is 5.69 Å². The molecule has 102 valence electrons. The first-order chi connectivity index (χ1) is 8.86. The van der Waals surface area contributed by atoms with Crippen molar-refractivity contribution in [1.29, 1.82) is 0 Å². The maximum Gasteiger partial charge on any atom is 0.305 e. The number of benzene rings is 1. The fourth-order valence-electron chi connectivity index (χ4n) is 2.00. The van der Waals surface area contributed by atoms with E-state index in [4.69, 9.17) is 0 Å². The Morgan fingerprint density at radius 3 is 2.74 bits per heavy atom.